The number of nitro benzene ring substituents is 1. The van der Waals surface area contributed by atoms with Crippen LogP contribution < -0.4 is 10.1 Å². The first-order valence-electron chi connectivity index (χ1n) is 6.63. The van der Waals surface area contributed by atoms with Crippen molar-refractivity contribution in [2.75, 3.05) is 14.2 Å². The van der Waals surface area contributed by atoms with Crippen molar-refractivity contribution in [2.45, 2.75) is 31.7 Å². The van der Waals surface area contributed by atoms with Crippen LogP contribution in [0.15, 0.2) is 18.2 Å². The summed E-state index contributed by atoms with van der Waals surface area (Å²) in [6.45, 7) is 0. The van der Waals surface area contributed by atoms with Crippen LogP contribution in [0.25, 0.3) is 0 Å². The Kier molecular flexibility index (Phi) is 4.37. The number of hydrogen-bond donors (Lipinski definition) is 1. The van der Waals surface area contributed by atoms with Crippen LogP contribution in [0.1, 0.15) is 24.8 Å². The summed E-state index contributed by atoms with van der Waals surface area (Å²) in [6.07, 6.45) is 4.43. The average molecular weight is 264 g/mol. The predicted octanol–water partition coefficient (Wildman–Crippen LogP) is 2.53. The van der Waals surface area contributed by atoms with Crippen LogP contribution in [0.4, 0.5) is 5.69 Å². The van der Waals surface area contributed by atoms with Gasteiger partial charge in [-0.25, -0.2) is 0 Å². The van der Waals surface area contributed by atoms with E-state index in [2.05, 4.69) is 5.32 Å². The molecule has 1 fully saturated rings. The highest BCUT2D eigenvalue weighted by Gasteiger charge is 2.29. The van der Waals surface area contributed by atoms with E-state index in [0.29, 0.717) is 11.8 Å². The summed E-state index contributed by atoms with van der Waals surface area (Å²) in [5.74, 6) is 1.34. The van der Waals surface area contributed by atoms with Crippen molar-refractivity contribution in [1.82, 2.24) is 5.32 Å². The lowest BCUT2D eigenvalue weighted by atomic mass is 10.0. The van der Waals surface area contributed by atoms with Crippen LogP contribution >= 0.6 is 0 Å². The Morgan fingerprint density at radius 3 is 2.74 bits per heavy atom. The fraction of sp³-hybridized carbons (Fsp3) is 0.571. The zero-order valence-electron chi connectivity index (χ0n) is 11.4. The van der Waals surface area contributed by atoms with Gasteiger partial charge in [0.05, 0.1) is 18.1 Å². The number of nitrogens with zero attached hydrogens (tertiary/aromatic N) is 1. The van der Waals surface area contributed by atoms with E-state index in [9.17, 15) is 10.1 Å². The molecule has 19 heavy (non-hydrogen) atoms. The molecular formula is C14H20N2O3. The van der Waals surface area contributed by atoms with Gasteiger partial charge in [-0.15, -0.1) is 0 Å². The van der Waals surface area contributed by atoms with E-state index in [1.54, 1.807) is 6.07 Å². The molecule has 1 atom stereocenters. The van der Waals surface area contributed by atoms with Crippen LogP contribution in [0.2, 0.25) is 0 Å². The quantitative estimate of drug-likeness (QED) is 0.607. The fourth-order valence-electron chi connectivity index (χ4n) is 2.45. The Balaban J connectivity index is 2.05. The van der Waals surface area contributed by atoms with Crippen molar-refractivity contribution in [1.29, 1.82) is 0 Å². The molecule has 1 aromatic carbocycles. The summed E-state index contributed by atoms with van der Waals surface area (Å²) in [4.78, 5) is 10.5. The SMILES string of the molecule is CNC(CCc1cc(OC)cc([N+](=O)[O-])c1)C1CC1. The van der Waals surface area contributed by atoms with Crippen LogP contribution in [0.3, 0.4) is 0 Å². The van der Waals surface area contributed by atoms with Gasteiger partial charge in [0.25, 0.3) is 5.69 Å². The van der Waals surface area contributed by atoms with Crippen LogP contribution in [0.5, 0.6) is 5.75 Å². The topological polar surface area (TPSA) is 64.4 Å². The number of nitro groups is 1. The van der Waals surface area contributed by atoms with Crippen LogP contribution in [0, 0.1) is 16.0 Å². The first kappa shape index (κ1) is 13.8. The molecule has 5 heteroatoms. The summed E-state index contributed by atoms with van der Waals surface area (Å²) in [7, 11) is 3.51. The minimum absolute atomic E-state index is 0.0989. The number of hydrogen-bond acceptors (Lipinski definition) is 4. The van der Waals surface area contributed by atoms with Crippen molar-refractivity contribution in [3.8, 4) is 5.75 Å². The summed E-state index contributed by atoms with van der Waals surface area (Å²) in [6, 6.07) is 5.50. The molecule has 0 spiro atoms. The van der Waals surface area contributed by atoms with Gasteiger partial charge in [-0.05, 0) is 50.3 Å². The molecule has 0 aliphatic heterocycles. The minimum Gasteiger partial charge on any atom is -0.496 e. The molecule has 1 aromatic rings. The zero-order valence-corrected chi connectivity index (χ0v) is 11.4. The molecule has 1 N–H and O–H groups in total. The van der Waals surface area contributed by atoms with Gasteiger partial charge in [-0.3, -0.25) is 10.1 Å². The molecule has 2 rings (SSSR count). The molecule has 0 saturated heterocycles. The van der Waals surface area contributed by atoms with Crippen molar-refractivity contribution in [3.05, 3.63) is 33.9 Å². The maximum absolute atomic E-state index is 10.9. The number of rotatable bonds is 7. The predicted molar refractivity (Wildman–Crippen MR) is 73.5 cm³/mol. The molecule has 5 nitrogen and oxygen atoms in total. The molecule has 1 saturated carbocycles. The van der Waals surface area contributed by atoms with E-state index in [1.165, 1.54) is 26.0 Å². The molecule has 1 unspecified atom stereocenters. The van der Waals surface area contributed by atoms with E-state index in [-0.39, 0.29) is 10.6 Å². The van der Waals surface area contributed by atoms with Gasteiger partial charge in [0.2, 0.25) is 0 Å². The third-order valence-corrected chi connectivity index (χ3v) is 3.70. The van der Waals surface area contributed by atoms with E-state index < -0.39 is 0 Å². The summed E-state index contributed by atoms with van der Waals surface area (Å²) >= 11 is 0. The van der Waals surface area contributed by atoms with E-state index in [0.717, 1.165) is 24.3 Å². The number of aryl methyl sites for hydroxylation is 1. The maximum atomic E-state index is 10.9. The second kappa shape index (κ2) is 6.02. The highest BCUT2D eigenvalue weighted by molar-refractivity contribution is 5.42. The Hall–Kier alpha value is -1.62. The molecular weight excluding hydrogens is 244 g/mol. The lowest BCUT2D eigenvalue weighted by Crippen LogP contribution is -2.27. The lowest BCUT2D eigenvalue weighted by molar-refractivity contribution is -0.385. The number of ether oxygens (including phenoxy) is 1. The van der Waals surface area contributed by atoms with Gasteiger partial charge in [0, 0.05) is 12.1 Å². The Morgan fingerprint density at radius 1 is 1.47 bits per heavy atom. The zero-order chi connectivity index (χ0) is 13.8. The summed E-state index contributed by atoms with van der Waals surface area (Å²) in [5.41, 5.74) is 1.06. The van der Waals surface area contributed by atoms with Crippen molar-refractivity contribution in [2.24, 2.45) is 5.92 Å². The normalized spacial score (nSPS) is 16.1. The molecule has 0 heterocycles. The van der Waals surface area contributed by atoms with E-state index >= 15 is 0 Å². The minimum atomic E-state index is -0.373. The number of benzene rings is 1. The standard InChI is InChI=1S/C14H20N2O3/c1-15-14(11-4-5-11)6-3-10-7-12(16(17)18)9-13(8-10)19-2/h7-9,11,14-15H,3-6H2,1-2H3. The number of nitrogens with one attached hydrogen (secondary N) is 1. The Morgan fingerprint density at radius 2 is 2.21 bits per heavy atom. The average Bonchev–Trinajstić information content (AvgIpc) is 3.23. The molecule has 104 valence electrons. The van der Waals surface area contributed by atoms with Crippen molar-refractivity contribution in [3.63, 3.8) is 0 Å². The van der Waals surface area contributed by atoms with E-state index in [1.807, 2.05) is 13.1 Å². The summed E-state index contributed by atoms with van der Waals surface area (Å²) in [5, 5.41) is 14.2. The smallest absolute Gasteiger partial charge is 0.273 e. The second-order valence-corrected chi connectivity index (χ2v) is 5.07. The van der Waals surface area contributed by atoms with Crippen molar-refractivity contribution >= 4 is 5.69 Å². The van der Waals surface area contributed by atoms with Gasteiger partial charge in [0.1, 0.15) is 5.75 Å². The monoisotopic (exact) mass is 264 g/mol. The van der Waals surface area contributed by atoms with Gasteiger partial charge in [-0.1, -0.05) is 0 Å². The molecule has 0 aromatic heterocycles. The second-order valence-electron chi connectivity index (χ2n) is 5.07. The first-order chi connectivity index (χ1) is 9.13. The van der Waals surface area contributed by atoms with E-state index in [4.69, 9.17) is 4.74 Å². The molecule has 0 radical (unpaired) electrons. The first-order valence-corrected chi connectivity index (χ1v) is 6.63. The van der Waals surface area contributed by atoms with Crippen molar-refractivity contribution < 1.29 is 9.66 Å². The van der Waals surface area contributed by atoms with Gasteiger partial charge in [-0.2, -0.15) is 0 Å². The lowest BCUT2D eigenvalue weighted by Gasteiger charge is -2.15. The van der Waals surface area contributed by atoms with Gasteiger partial charge < -0.3 is 10.1 Å². The summed E-state index contributed by atoms with van der Waals surface area (Å²) < 4.78 is 5.12. The number of methoxy groups -OCH3 is 1. The van der Waals surface area contributed by atoms with Crippen LogP contribution in [-0.2, 0) is 6.42 Å². The molecule has 0 amide bonds. The largest absolute Gasteiger partial charge is 0.496 e. The highest BCUT2D eigenvalue weighted by Crippen LogP contribution is 2.34. The fourth-order valence-corrected chi connectivity index (χ4v) is 2.45. The van der Waals surface area contributed by atoms with Gasteiger partial charge in [0.15, 0.2) is 0 Å². The third-order valence-electron chi connectivity index (χ3n) is 3.70. The van der Waals surface area contributed by atoms with Crippen LogP contribution in [-0.4, -0.2) is 25.1 Å². The maximum Gasteiger partial charge on any atom is 0.273 e. The number of non-ortho nitro benzene ring substituents is 1. The Labute approximate surface area is 113 Å². The molecule has 0 bridgehead atoms. The van der Waals surface area contributed by atoms with Gasteiger partial charge >= 0.3 is 0 Å². The molecule has 1 aliphatic carbocycles. The molecule has 1 aliphatic rings. The highest BCUT2D eigenvalue weighted by atomic mass is 16.6. The Bertz CT molecular complexity index is 458. The third kappa shape index (κ3) is 3.67.